The maximum absolute atomic E-state index is 12.9. The first kappa shape index (κ1) is 44.8. The number of imide groups is 1. The monoisotopic (exact) mass is 869 g/mol. The van der Waals surface area contributed by atoms with E-state index in [0.29, 0.717) is 37.6 Å². The van der Waals surface area contributed by atoms with Crippen LogP contribution in [0.4, 0.5) is 16.3 Å². The van der Waals surface area contributed by atoms with Gasteiger partial charge in [-0.15, -0.1) is 0 Å². The van der Waals surface area contributed by atoms with E-state index in [9.17, 15) is 19.5 Å². The van der Waals surface area contributed by atoms with E-state index in [1.54, 1.807) is 24.3 Å². The number of fused-ring (bicyclic) bond motifs is 1. The largest absolute Gasteiger partial charge is 0.484 e. The van der Waals surface area contributed by atoms with Gasteiger partial charge < -0.3 is 19.6 Å². The fourth-order valence-corrected chi connectivity index (χ4v) is 9.19. The molecule has 338 valence electrons. The second-order valence-electron chi connectivity index (χ2n) is 17.3. The number of benzene rings is 3. The van der Waals surface area contributed by atoms with Gasteiger partial charge in [-0.3, -0.25) is 29.6 Å². The Hall–Kier alpha value is -5.83. The van der Waals surface area contributed by atoms with E-state index >= 15 is 0 Å². The number of rotatable bonds is 19. The molecule has 0 bridgehead atoms. The Bertz CT molecular complexity index is 2340. The number of hydrogen-bond acceptors (Lipinski definition) is 10. The third-order valence-corrected chi connectivity index (χ3v) is 12.9. The first-order valence-electron chi connectivity index (χ1n) is 23.3. The van der Waals surface area contributed by atoms with Gasteiger partial charge in [0, 0.05) is 94.7 Å². The lowest BCUT2D eigenvalue weighted by molar-refractivity contribution is -0.135. The van der Waals surface area contributed by atoms with E-state index in [2.05, 4.69) is 81.5 Å². The molecule has 5 heterocycles. The lowest BCUT2D eigenvalue weighted by atomic mass is 9.99. The van der Waals surface area contributed by atoms with Crippen molar-refractivity contribution in [1.29, 1.82) is 0 Å². The number of ether oxygens (including phenoxy) is 1. The van der Waals surface area contributed by atoms with Gasteiger partial charge in [0.25, 0.3) is 5.91 Å². The molecule has 8 rings (SSSR count). The number of carbonyl (C=O) groups excluding carboxylic acids is 3. The van der Waals surface area contributed by atoms with Gasteiger partial charge in [0.1, 0.15) is 11.6 Å². The van der Waals surface area contributed by atoms with Gasteiger partial charge in [0.2, 0.25) is 5.91 Å². The highest BCUT2D eigenvalue weighted by Crippen LogP contribution is 2.34. The summed E-state index contributed by atoms with van der Waals surface area (Å²) in [5.41, 5.74) is 8.18. The molecule has 14 heteroatoms. The van der Waals surface area contributed by atoms with Crippen LogP contribution in [0.2, 0.25) is 0 Å². The maximum atomic E-state index is 12.9. The zero-order valence-electron chi connectivity index (χ0n) is 37.3. The standard InChI is InChI=1S/C50H63N9O5/c1-38-48(49-51-44(40-15-9-7-10-16-40)36-46(59(49)53-38)56-29-25-55(26-30-56)33-34-60)41-17-12-14-39(35-41)13-8-5-3-2-4-6-11-23-54-27-31-57(32-28-54)47(62)37-64-43-20-18-42(19-21-43)58-24-22-45(61)52-50(58)63/h7,9-10,12,14-21,35-36,60H,2-6,8,11,13,22-34,37H2,1H3,(H,52,61,63). The number of nitrogens with one attached hydrogen (secondary N) is 1. The fourth-order valence-electron chi connectivity index (χ4n) is 9.19. The third kappa shape index (κ3) is 11.3. The normalized spacial score (nSPS) is 16.4. The van der Waals surface area contributed by atoms with Crippen LogP contribution in [0.5, 0.6) is 5.75 Å². The topological polar surface area (TPSA) is 139 Å². The Morgan fingerprint density at radius 1 is 0.734 bits per heavy atom. The van der Waals surface area contributed by atoms with Crippen molar-refractivity contribution >= 4 is 35.0 Å². The van der Waals surface area contributed by atoms with Crippen LogP contribution in [0.3, 0.4) is 0 Å². The summed E-state index contributed by atoms with van der Waals surface area (Å²) < 4.78 is 7.82. The van der Waals surface area contributed by atoms with Gasteiger partial charge in [-0.1, -0.05) is 86.7 Å². The van der Waals surface area contributed by atoms with Crippen molar-refractivity contribution in [1.82, 2.24) is 34.6 Å². The molecule has 0 unspecified atom stereocenters. The predicted octanol–water partition coefficient (Wildman–Crippen LogP) is 6.43. The van der Waals surface area contributed by atoms with E-state index < -0.39 is 6.03 Å². The molecule has 0 atom stereocenters. The molecule has 5 aromatic rings. The van der Waals surface area contributed by atoms with Crippen LogP contribution in [0, 0.1) is 6.92 Å². The minimum Gasteiger partial charge on any atom is -0.484 e. The van der Waals surface area contributed by atoms with Gasteiger partial charge in [-0.2, -0.15) is 9.61 Å². The number of carbonyl (C=O) groups is 3. The van der Waals surface area contributed by atoms with Gasteiger partial charge >= 0.3 is 6.03 Å². The van der Waals surface area contributed by atoms with Crippen LogP contribution in [0.1, 0.15) is 62.6 Å². The summed E-state index contributed by atoms with van der Waals surface area (Å²) in [6.07, 6.45) is 9.89. The quantitative estimate of drug-likeness (QED) is 0.0894. The highest BCUT2D eigenvalue weighted by Gasteiger charge is 2.26. The van der Waals surface area contributed by atoms with Crippen molar-refractivity contribution < 1.29 is 24.2 Å². The Morgan fingerprint density at radius 3 is 2.16 bits per heavy atom. The van der Waals surface area contributed by atoms with Crippen LogP contribution in [0.25, 0.3) is 28.0 Å². The zero-order valence-corrected chi connectivity index (χ0v) is 37.3. The number of anilines is 2. The average molecular weight is 870 g/mol. The number of urea groups is 1. The molecular weight excluding hydrogens is 807 g/mol. The molecule has 0 radical (unpaired) electrons. The van der Waals surface area contributed by atoms with Gasteiger partial charge in [0.05, 0.1) is 18.0 Å². The van der Waals surface area contributed by atoms with Crippen LogP contribution in [-0.2, 0) is 16.0 Å². The van der Waals surface area contributed by atoms with Crippen LogP contribution < -0.4 is 19.9 Å². The molecule has 2 N–H and O–H groups in total. The summed E-state index contributed by atoms with van der Waals surface area (Å²) >= 11 is 0. The van der Waals surface area contributed by atoms with Gasteiger partial charge in [0.15, 0.2) is 12.3 Å². The van der Waals surface area contributed by atoms with Crippen LogP contribution in [0.15, 0.2) is 84.9 Å². The second kappa shape index (κ2) is 21.7. The number of piperazine rings is 2. The minimum absolute atomic E-state index is 0.0160. The lowest BCUT2D eigenvalue weighted by Gasteiger charge is -2.35. The number of aryl methyl sites for hydroxylation is 2. The van der Waals surface area contributed by atoms with Gasteiger partial charge in [-0.05, 0) is 68.1 Å². The summed E-state index contributed by atoms with van der Waals surface area (Å²) in [6, 6.07) is 28.1. The predicted molar refractivity (Wildman–Crippen MR) is 251 cm³/mol. The Kier molecular flexibility index (Phi) is 15.2. The zero-order chi connectivity index (χ0) is 44.3. The molecule has 0 spiro atoms. The van der Waals surface area contributed by atoms with Crippen molar-refractivity contribution in [2.24, 2.45) is 0 Å². The molecular formula is C50H63N9O5. The van der Waals surface area contributed by atoms with Crippen molar-refractivity contribution in [2.45, 2.75) is 64.7 Å². The number of hydrogen-bond donors (Lipinski definition) is 2. The molecule has 2 aromatic heterocycles. The van der Waals surface area contributed by atoms with E-state index in [0.717, 1.165) is 91.8 Å². The molecule has 3 aliphatic rings. The highest BCUT2D eigenvalue weighted by molar-refractivity contribution is 6.05. The first-order chi connectivity index (χ1) is 31.3. The molecule has 3 saturated heterocycles. The summed E-state index contributed by atoms with van der Waals surface area (Å²) in [5.74, 6) is 1.34. The third-order valence-electron chi connectivity index (χ3n) is 12.9. The molecule has 4 amide bonds. The van der Waals surface area contributed by atoms with E-state index in [1.165, 1.54) is 55.4 Å². The SMILES string of the molecule is Cc1nn2c(N3CCN(CCO)CC3)cc(-c3ccccc3)nc2c1-c1cccc(CCCCCCCCCN2CCN(C(=O)COc3ccc(N4CCC(=O)NC4=O)cc3)CC2)c1. The summed E-state index contributed by atoms with van der Waals surface area (Å²) in [7, 11) is 0. The Morgan fingerprint density at radius 2 is 1.42 bits per heavy atom. The van der Waals surface area contributed by atoms with Crippen molar-refractivity contribution in [3.8, 4) is 28.1 Å². The summed E-state index contributed by atoms with van der Waals surface area (Å²) in [6.45, 7) is 11.1. The van der Waals surface area contributed by atoms with Crippen molar-refractivity contribution in [3.05, 3.63) is 96.2 Å². The molecule has 3 aromatic carbocycles. The first-order valence-corrected chi connectivity index (χ1v) is 23.3. The Balaban J connectivity index is 0.738. The van der Waals surface area contributed by atoms with Gasteiger partial charge in [-0.25, -0.2) is 9.78 Å². The van der Waals surface area contributed by atoms with E-state index in [-0.39, 0.29) is 31.4 Å². The number of nitrogens with zero attached hydrogens (tertiary/aromatic N) is 8. The molecule has 64 heavy (non-hydrogen) atoms. The average Bonchev–Trinajstić information content (AvgIpc) is 3.66. The summed E-state index contributed by atoms with van der Waals surface area (Å²) in [4.78, 5) is 52.3. The number of β-amino-alcohol motifs (C(OH)–C–C–N with tert-alkyl or cyclic N) is 1. The Labute approximate surface area is 376 Å². The number of amides is 4. The highest BCUT2D eigenvalue weighted by atomic mass is 16.5. The number of aliphatic hydroxyl groups excluding tert-OH is 1. The second-order valence-corrected chi connectivity index (χ2v) is 17.3. The van der Waals surface area contributed by atoms with Crippen molar-refractivity contribution in [2.75, 3.05) is 95.0 Å². The van der Waals surface area contributed by atoms with E-state index in [1.807, 2.05) is 15.5 Å². The van der Waals surface area contributed by atoms with E-state index in [4.69, 9.17) is 14.8 Å². The molecule has 0 saturated carbocycles. The molecule has 3 aliphatic heterocycles. The number of aliphatic hydroxyl groups is 1. The molecule has 3 fully saturated rings. The fraction of sp³-hybridized carbons (Fsp3) is 0.460. The molecule has 0 aliphatic carbocycles. The molecule has 14 nitrogen and oxygen atoms in total. The van der Waals surface area contributed by atoms with Crippen LogP contribution >= 0.6 is 0 Å². The summed E-state index contributed by atoms with van der Waals surface area (Å²) in [5, 5.41) is 16.9. The minimum atomic E-state index is -0.426. The smallest absolute Gasteiger partial charge is 0.328 e. The van der Waals surface area contributed by atoms with Crippen LogP contribution in [-0.4, -0.2) is 137 Å². The maximum Gasteiger partial charge on any atom is 0.328 e. The lowest BCUT2D eigenvalue weighted by Crippen LogP contribution is -2.50. The number of aromatic nitrogens is 3. The number of unbranched alkanes of at least 4 members (excludes halogenated alkanes) is 6. The van der Waals surface area contributed by atoms with Crippen molar-refractivity contribution in [3.63, 3.8) is 0 Å².